The first-order chi connectivity index (χ1) is 9.15. The van der Waals surface area contributed by atoms with E-state index in [-0.39, 0.29) is 12.6 Å². The summed E-state index contributed by atoms with van der Waals surface area (Å²) in [4.78, 5) is 2.16. The molecular formula is C16H28N2O. The molecule has 19 heavy (non-hydrogen) atoms. The molecule has 2 atom stereocenters. The molecule has 0 aliphatic heterocycles. The van der Waals surface area contributed by atoms with E-state index in [1.54, 1.807) is 0 Å². The quantitative estimate of drug-likeness (QED) is 0.758. The largest absolute Gasteiger partial charge is 0.394 e. The molecule has 108 valence electrons. The summed E-state index contributed by atoms with van der Waals surface area (Å²) in [5.74, 6) is 0. The number of hydrogen-bond donors (Lipinski definition) is 2. The van der Waals surface area contributed by atoms with Crippen LogP contribution in [0.25, 0.3) is 0 Å². The molecule has 0 saturated carbocycles. The molecule has 1 aromatic carbocycles. The Kier molecular flexibility index (Phi) is 6.89. The van der Waals surface area contributed by atoms with Gasteiger partial charge in [0.15, 0.2) is 0 Å². The van der Waals surface area contributed by atoms with E-state index >= 15 is 0 Å². The standard InChI is InChI=1S/C16H28N2O/c1-5-11-17-15(6-2)14-9-7-8-10-16(14)18(4)13(3)12-19/h7-10,13,15,17,19H,5-6,11-12H2,1-4H3. The van der Waals surface area contributed by atoms with Crippen LogP contribution < -0.4 is 10.2 Å². The lowest BCUT2D eigenvalue weighted by molar-refractivity contribution is 0.270. The predicted octanol–water partition coefficient (Wildman–Crippen LogP) is 2.95. The Morgan fingerprint density at radius 1 is 1.26 bits per heavy atom. The van der Waals surface area contributed by atoms with Crippen molar-refractivity contribution in [1.29, 1.82) is 0 Å². The van der Waals surface area contributed by atoms with E-state index < -0.39 is 0 Å². The fraction of sp³-hybridized carbons (Fsp3) is 0.625. The summed E-state index contributed by atoms with van der Waals surface area (Å²) in [5.41, 5.74) is 2.53. The zero-order chi connectivity index (χ0) is 14.3. The number of nitrogens with one attached hydrogen (secondary N) is 1. The number of benzene rings is 1. The van der Waals surface area contributed by atoms with Crippen molar-refractivity contribution in [3.63, 3.8) is 0 Å². The average Bonchev–Trinajstić information content (AvgIpc) is 2.47. The van der Waals surface area contributed by atoms with Crippen molar-refractivity contribution in [2.24, 2.45) is 0 Å². The molecule has 0 saturated heterocycles. The molecule has 3 heteroatoms. The van der Waals surface area contributed by atoms with Gasteiger partial charge < -0.3 is 15.3 Å². The van der Waals surface area contributed by atoms with Gasteiger partial charge in [-0.3, -0.25) is 0 Å². The summed E-state index contributed by atoms with van der Waals surface area (Å²) in [6, 6.07) is 8.98. The first kappa shape index (κ1) is 16.0. The van der Waals surface area contributed by atoms with Crippen molar-refractivity contribution >= 4 is 5.69 Å². The number of rotatable bonds is 8. The zero-order valence-electron chi connectivity index (χ0n) is 12.7. The van der Waals surface area contributed by atoms with Crippen LogP contribution in [0.3, 0.4) is 0 Å². The minimum absolute atomic E-state index is 0.129. The Morgan fingerprint density at radius 2 is 1.95 bits per heavy atom. The molecule has 2 unspecified atom stereocenters. The molecule has 2 N–H and O–H groups in total. The monoisotopic (exact) mass is 264 g/mol. The number of hydrogen-bond acceptors (Lipinski definition) is 3. The van der Waals surface area contributed by atoms with Crippen LogP contribution in [-0.4, -0.2) is 31.3 Å². The first-order valence-corrected chi connectivity index (χ1v) is 7.31. The molecule has 0 aliphatic rings. The number of likely N-dealkylation sites (N-methyl/N-ethyl adjacent to an activating group) is 1. The van der Waals surface area contributed by atoms with Gasteiger partial charge in [-0.2, -0.15) is 0 Å². The zero-order valence-corrected chi connectivity index (χ0v) is 12.7. The third-order valence-electron chi connectivity index (χ3n) is 3.67. The molecule has 0 amide bonds. The molecule has 0 radical (unpaired) electrons. The van der Waals surface area contributed by atoms with Crippen molar-refractivity contribution in [2.75, 3.05) is 25.1 Å². The Bertz CT molecular complexity index is 368. The average molecular weight is 264 g/mol. The Morgan fingerprint density at radius 3 is 2.53 bits per heavy atom. The summed E-state index contributed by atoms with van der Waals surface area (Å²) in [6.07, 6.45) is 2.21. The van der Waals surface area contributed by atoms with E-state index in [1.165, 1.54) is 11.3 Å². The van der Waals surface area contributed by atoms with Crippen LogP contribution in [0, 0.1) is 0 Å². The van der Waals surface area contributed by atoms with Crippen LogP contribution in [0.5, 0.6) is 0 Å². The third kappa shape index (κ3) is 4.22. The maximum absolute atomic E-state index is 9.34. The van der Waals surface area contributed by atoms with Gasteiger partial charge in [0, 0.05) is 24.8 Å². The summed E-state index contributed by atoms with van der Waals surface area (Å²) >= 11 is 0. The molecule has 0 aliphatic carbocycles. The van der Waals surface area contributed by atoms with Crippen molar-refractivity contribution in [3.05, 3.63) is 29.8 Å². The van der Waals surface area contributed by atoms with Crippen LogP contribution in [0.4, 0.5) is 5.69 Å². The van der Waals surface area contributed by atoms with Crippen LogP contribution in [0.2, 0.25) is 0 Å². The first-order valence-electron chi connectivity index (χ1n) is 7.31. The summed E-state index contributed by atoms with van der Waals surface area (Å²) in [5, 5.41) is 12.9. The number of aliphatic hydroxyl groups excluding tert-OH is 1. The van der Waals surface area contributed by atoms with E-state index in [9.17, 15) is 5.11 Å². The van der Waals surface area contributed by atoms with Gasteiger partial charge in [0.25, 0.3) is 0 Å². The minimum atomic E-state index is 0.129. The van der Waals surface area contributed by atoms with E-state index in [2.05, 4.69) is 48.3 Å². The topological polar surface area (TPSA) is 35.5 Å². The molecule has 3 nitrogen and oxygen atoms in total. The molecule has 0 bridgehead atoms. The molecule has 1 aromatic rings. The number of para-hydroxylation sites is 1. The van der Waals surface area contributed by atoms with E-state index in [0.29, 0.717) is 6.04 Å². The van der Waals surface area contributed by atoms with Gasteiger partial charge >= 0.3 is 0 Å². The lowest BCUT2D eigenvalue weighted by atomic mass is 10.0. The van der Waals surface area contributed by atoms with Gasteiger partial charge in [0.1, 0.15) is 0 Å². The van der Waals surface area contributed by atoms with Crippen molar-refractivity contribution in [3.8, 4) is 0 Å². The number of anilines is 1. The highest BCUT2D eigenvalue weighted by Gasteiger charge is 2.17. The van der Waals surface area contributed by atoms with E-state index in [4.69, 9.17) is 0 Å². The van der Waals surface area contributed by atoms with Gasteiger partial charge in [-0.1, -0.05) is 32.0 Å². The van der Waals surface area contributed by atoms with Gasteiger partial charge in [0.05, 0.1) is 6.61 Å². The van der Waals surface area contributed by atoms with Gasteiger partial charge in [-0.15, -0.1) is 0 Å². The summed E-state index contributed by atoms with van der Waals surface area (Å²) in [6.45, 7) is 7.64. The fourth-order valence-corrected chi connectivity index (χ4v) is 2.26. The molecule has 0 heterocycles. The van der Waals surface area contributed by atoms with E-state index in [0.717, 1.165) is 19.4 Å². The number of aliphatic hydroxyl groups is 1. The van der Waals surface area contributed by atoms with Crippen molar-refractivity contribution in [1.82, 2.24) is 5.32 Å². The van der Waals surface area contributed by atoms with Crippen LogP contribution in [0.1, 0.15) is 45.2 Å². The second kappa shape index (κ2) is 8.18. The summed E-state index contributed by atoms with van der Waals surface area (Å²) in [7, 11) is 2.05. The predicted molar refractivity (Wildman–Crippen MR) is 82.7 cm³/mol. The molecular weight excluding hydrogens is 236 g/mol. The molecule has 0 fully saturated rings. The van der Waals surface area contributed by atoms with Crippen molar-refractivity contribution < 1.29 is 5.11 Å². The lowest BCUT2D eigenvalue weighted by Crippen LogP contribution is -2.33. The van der Waals surface area contributed by atoms with Gasteiger partial charge in [-0.05, 0) is 37.9 Å². The smallest absolute Gasteiger partial charge is 0.0632 e. The Labute approximate surface area is 117 Å². The third-order valence-corrected chi connectivity index (χ3v) is 3.67. The van der Waals surface area contributed by atoms with Gasteiger partial charge in [-0.25, -0.2) is 0 Å². The molecule has 1 rings (SSSR count). The lowest BCUT2D eigenvalue weighted by Gasteiger charge is -2.30. The van der Waals surface area contributed by atoms with Crippen LogP contribution >= 0.6 is 0 Å². The highest BCUT2D eigenvalue weighted by Crippen LogP contribution is 2.28. The van der Waals surface area contributed by atoms with Gasteiger partial charge in [0.2, 0.25) is 0 Å². The maximum atomic E-state index is 9.34. The SMILES string of the molecule is CCCNC(CC)c1ccccc1N(C)C(C)CO. The highest BCUT2D eigenvalue weighted by molar-refractivity contribution is 5.55. The number of nitrogens with zero attached hydrogens (tertiary/aromatic N) is 1. The normalized spacial score (nSPS) is 14.2. The van der Waals surface area contributed by atoms with Crippen LogP contribution in [-0.2, 0) is 0 Å². The highest BCUT2D eigenvalue weighted by atomic mass is 16.3. The Balaban J connectivity index is 2.99. The molecule has 0 spiro atoms. The second-order valence-electron chi connectivity index (χ2n) is 5.12. The molecule has 0 aromatic heterocycles. The van der Waals surface area contributed by atoms with Crippen molar-refractivity contribution in [2.45, 2.75) is 45.7 Å². The fourth-order valence-electron chi connectivity index (χ4n) is 2.26. The second-order valence-corrected chi connectivity index (χ2v) is 5.12. The minimum Gasteiger partial charge on any atom is -0.394 e. The maximum Gasteiger partial charge on any atom is 0.0632 e. The summed E-state index contributed by atoms with van der Waals surface area (Å²) < 4.78 is 0. The van der Waals surface area contributed by atoms with E-state index in [1.807, 2.05) is 14.0 Å². The van der Waals surface area contributed by atoms with Crippen LogP contribution in [0.15, 0.2) is 24.3 Å². The Hall–Kier alpha value is -1.06.